The van der Waals surface area contributed by atoms with E-state index in [0.29, 0.717) is 37.6 Å². The number of carbonyl (C=O) groups excluding carboxylic acids is 2. The lowest BCUT2D eigenvalue weighted by Crippen LogP contribution is -2.12. The second kappa shape index (κ2) is 8.65. The number of esters is 1. The lowest BCUT2D eigenvalue weighted by molar-refractivity contribution is 0.0531. The SMILES string of the molecule is CCOC(=O)c1sc(NC(=O)c2cc(-c3ccc(F)cc3)nc3ccccc23)cc1C. The lowest BCUT2D eigenvalue weighted by atomic mass is 10.0. The highest BCUT2D eigenvalue weighted by Gasteiger charge is 2.18. The zero-order valence-electron chi connectivity index (χ0n) is 16.9. The number of carbonyl (C=O) groups is 2. The number of aromatic nitrogens is 1. The first kappa shape index (κ1) is 20.7. The summed E-state index contributed by atoms with van der Waals surface area (Å²) in [7, 11) is 0. The number of pyridine rings is 1. The Hall–Kier alpha value is -3.58. The van der Waals surface area contributed by atoms with Crippen LogP contribution in [0.25, 0.3) is 22.2 Å². The number of anilines is 1. The van der Waals surface area contributed by atoms with Gasteiger partial charge in [-0.25, -0.2) is 14.2 Å². The predicted molar refractivity (Wildman–Crippen MR) is 120 cm³/mol. The normalized spacial score (nSPS) is 10.8. The highest BCUT2D eigenvalue weighted by Crippen LogP contribution is 2.30. The van der Waals surface area contributed by atoms with Crippen molar-refractivity contribution >= 4 is 39.1 Å². The fourth-order valence-electron chi connectivity index (χ4n) is 3.25. The quantitative estimate of drug-likeness (QED) is 0.401. The molecule has 5 nitrogen and oxygen atoms in total. The van der Waals surface area contributed by atoms with Gasteiger partial charge in [0.05, 0.1) is 28.4 Å². The van der Waals surface area contributed by atoms with Crippen molar-refractivity contribution < 1.29 is 18.7 Å². The molecule has 1 amide bonds. The topological polar surface area (TPSA) is 68.3 Å². The van der Waals surface area contributed by atoms with Gasteiger partial charge in [-0.3, -0.25) is 4.79 Å². The molecule has 0 spiro atoms. The molecule has 2 heterocycles. The van der Waals surface area contributed by atoms with Crippen LogP contribution in [-0.2, 0) is 4.74 Å². The molecule has 1 N–H and O–H groups in total. The zero-order chi connectivity index (χ0) is 22.0. The van der Waals surface area contributed by atoms with Gasteiger partial charge in [-0.2, -0.15) is 0 Å². The van der Waals surface area contributed by atoms with Crippen LogP contribution < -0.4 is 5.32 Å². The monoisotopic (exact) mass is 434 g/mol. The van der Waals surface area contributed by atoms with Crippen molar-refractivity contribution in [2.45, 2.75) is 13.8 Å². The van der Waals surface area contributed by atoms with Crippen molar-refractivity contribution in [3.63, 3.8) is 0 Å². The van der Waals surface area contributed by atoms with E-state index in [1.165, 1.54) is 23.5 Å². The molecule has 4 rings (SSSR count). The summed E-state index contributed by atoms with van der Waals surface area (Å²) in [6.45, 7) is 3.83. The van der Waals surface area contributed by atoms with Gasteiger partial charge >= 0.3 is 5.97 Å². The average molecular weight is 434 g/mol. The van der Waals surface area contributed by atoms with Crippen LogP contribution in [0.4, 0.5) is 9.39 Å². The lowest BCUT2D eigenvalue weighted by Gasteiger charge is -2.10. The number of benzene rings is 2. The molecule has 0 aliphatic rings. The Balaban J connectivity index is 1.71. The van der Waals surface area contributed by atoms with Gasteiger partial charge in [-0.15, -0.1) is 11.3 Å². The van der Waals surface area contributed by atoms with Crippen molar-refractivity contribution in [2.24, 2.45) is 0 Å². The third-order valence-electron chi connectivity index (χ3n) is 4.72. The van der Waals surface area contributed by atoms with Crippen LogP contribution >= 0.6 is 11.3 Å². The maximum atomic E-state index is 13.3. The summed E-state index contributed by atoms with van der Waals surface area (Å²) in [5.41, 5.74) is 3.11. The number of aryl methyl sites for hydroxylation is 1. The number of hydrogen-bond donors (Lipinski definition) is 1. The molecule has 0 aliphatic carbocycles. The first-order valence-corrected chi connectivity index (χ1v) is 10.5. The number of para-hydroxylation sites is 1. The van der Waals surface area contributed by atoms with Crippen molar-refractivity contribution in [1.82, 2.24) is 4.98 Å². The Morgan fingerprint density at radius 3 is 2.58 bits per heavy atom. The van der Waals surface area contributed by atoms with Crippen molar-refractivity contribution in [1.29, 1.82) is 0 Å². The van der Waals surface area contributed by atoms with E-state index in [0.717, 1.165) is 5.56 Å². The molecule has 0 radical (unpaired) electrons. The fourth-order valence-corrected chi connectivity index (χ4v) is 4.22. The minimum Gasteiger partial charge on any atom is -0.462 e. The minimum absolute atomic E-state index is 0.285. The standard InChI is InChI=1S/C24H19FN2O3S/c1-3-30-24(29)22-14(2)12-21(31-22)27-23(28)18-13-20(15-8-10-16(25)11-9-15)26-19-7-5-4-6-17(18)19/h4-13H,3H2,1-2H3,(H,27,28). The first-order chi connectivity index (χ1) is 15.0. The number of fused-ring (bicyclic) bond motifs is 1. The predicted octanol–water partition coefficient (Wildman–Crippen LogP) is 5.84. The second-order valence-electron chi connectivity index (χ2n) is 6.88. The highest BCUT2D eigenvalue weighted by molar-refractivity contribution is 7.18. The smallest absolute Gasteiger partial charge is 0.348 e. The number of nitrogens with zero attached hydrogens (tertiary/aromatic N) is 1. The van der Waals surface area contributed by atoms with Gasteiger partial charge < -0.3 is 10.1 Å². The largest absolute Gasteiger partial charge is 0.462 e. The fraction of sp³-hybridized carbons (Fsp3) is 0.125. The number of nitrogens with one attached hydrogen (secondary N) is 1. The van der Waals surface area contributed by atoms with Crippen LogP contribution in [-0.4, -0.2) is 23.5 Å². The van der Waals surface area contributed by atoms with E-state index in [1.807, 2.05) is 24.3 Å². The molecule has 0 atom stereocenters. The molecule has 0 saturated carbocycles. The molecule has 7 heteroatoms. The van der Waals surface area contributed by atoms with Gasteiger partial charge in [-0.1, -0.05) is 18.2 Å². The Morgan fingerprint density at radius 1 is 1.10 bits per heavy atom. The number of hydrogen-bond acceptors (Lipinski definition) is 5. The Morgan fingerprint density at radius 2 is 1.84 bits per heavy atom. The summed E-state index contributed by atoms with van der Waals surface area (Å²) in [4.78, 5) is 30.3. The number of halogens is 1. The minimum atomic E-state index is -0.404. The van der Waals surface area contributed by atoms with Crippen molar-refractivity contribution in [2.75, 3.05) is 11.9 Å². The number of thiophene rings is 1. The Kier molecular flexibility index (Phi) is 5.77. The summed E-state index contributed by atoms with van der Waals surface area (Å²) in [6, 6.07) is 16.8. The molecular weight excluding hydrogens is 415 g/mol. The van der Waals surface area contributed by atoms with E-state index in [9.17, 15) is 14.0 Å². The third-order valence-corrected chi connectivity index (χ3v) is 5.85. The van der Waals surface area contributed by atoms with E-state index in [4.69, 9.17) is 4.74 Å². The summed E-state index contributed by atoms with van der Waals surface area (Å²) in [6.07, 6.45) is 0. The number of rotatable bonds is 5. The van der Waals surface area contributed by atoms with Crippen LogP contribution in [0.5, 0.6) is 0 Å². The molecule has 0 aliphatic heterocycles. The van der Waals surface area contributed by atoms with Crippen LogP contribution in [0.2, 0.25) is 0 Å². The summed E-state index contributed by atoms with van der Waals surface area (Å²) >= 11 is 1.17. The molecule has 0 saturated heterocycles. The van der Waals surface area contributed by atoms with E-state index in [-0.39, 0.29) is 18.3 Å². The van der Waals surface area contributed by atoms with Gasteiger partial charge in [0, 0.05) is 10.9 Å². The van der Waals surface area contributed by atoms with E-state index < -0.39 is 5.97 Å². The van der Waals surface area contributed by atoms with E-state index in [1.54, 1.807) is 38.1 Å². The Bertz CT molecular complexity index is 1280. The summed E-state index contributed by atoms with van der Waals surface area (Å²) in [5, 5.41) is 4.13. The molecule has 0 unspecified atom stereocenters. The first-order valence-electron chi connectivity index (χ1n) is 9.71. The maximum Gasteiger partial charge on any atom is 0.348 e. The molecule has 2 aromatic heterocycles. The van der Waals surface area contributed by atoms with Crippen molar-refractivity contribution in [3.8, 4) is 11.3 Å². The van der Waals surface area contributed by atoms with E-state index >= 15 is 0 Å². The molecule has 4 aromatic rings. The molecule has 0 bridgehead atoms. The van der Waals surface area contributed by atoms with Crippen LogP contribution in [0, 0.1) is 12.7 Å². The average Bonchev–Trinajstić information content (AvgIpc) is 3.13. The van der Waals surface area contributed by atoms with Gasteiger partial charge in [0.25, 0.3) is 5.91 Å². The second-order valence-corrected chi connectivity index (χ2v) is 7.93. The van der Waals surface area contributed by atoms with Gasteiger partial charge in [0.15, 0.2) is 0 Å². The number of ether oxygens (including phenoxy) is 1. The van der Waals surface area contributed by atoms with Crippen LogP contribution in [0.1, 0.15) is 32.5 Å². The summed E-state index contributed by atoms with van der Waals surface area (Å²) < 4.78 is 18.4. The number of amides is 1. The van der Waals surface area contributed by atoms with Crippen LogP contribution in [0.15, 0.2) is 60.7 Å². The molecule has 2 aromatic carbocycles. The molecule has 0 fully saturated rings. The molecule has 31 heavy (non-hydrogen) atoms. The van der Waals surface area contributed by atoms with Gasteiger partial charge in [0.1, 0.15) is 10.7 Å². The van der Waals surface area contributed by atoms with Gasteiger partial charge in [-0.05, 0) is 61.9 Å². The zero-order valence-corrected chi connectivity index (χ0v) is 17.8. The third kappa shape index (κ3) is 4.32. The summed E-state index contributed by atoms with van der Waals surface area (Å²) in [5.74, 6) is -1.06. The van der Waals surface area contributed by atoms with Crippen molar-refractivity contribution in [3.05, 3.63) is 82.5 Å². The molecule has 156 valence electrons. The molecular formula is C24H19FN2O3S. The Labute approximate surface area is 182 Å². The maximum absolute atomic E-state index is 13.3. The van der Waals surface area contributed by atoms with Crippen LogP contribution in [0.3, 0.4) is 0 Å². The van der Waals surface area contributed by atoms with E-state index in [2.05, 4.69) is 10.3 Å². The highest BCUT2D eigenvalue weighted by atomic mass is 32.1. The van der Waals surface area contributed by atoms with Gasteiger partial charge in [0.2, 0.25) is 0 Å².